The maximum atomic E-state index is 12.8. The van der Waals surface area contributed by atoms with Crippen LogP contribution in [-0.4, -0.2) is 58.4 Å². The van der Waals surface area contributed by atoms with Crippen LogP contribution in [0.15, 0.2) is 47.3 Å². The van der Waals surface area contributed by atoms with Gasteiger partial charge in [0, 0.05) is 30.6 Å². The largest absolute Gasteiger partial charge is 0.480 e. The van der Waals surface area contributed by atoms with Gasteiger partial charge in [-0.05, 0) is 80.9 Å². The Morgan fingerprint density at radius 2 is 1.83 bits per heavy atom. The van der Waals surface area contributed by atoms with Gasteiger partial charge in [-0.25, -0.2) is 9.78 Å². The highest BCUT2D eigenvalue weighted by atomic mass is 28.4. The molecule has 2 aromatic carbocycles. The normalized spacial score (nSPS) is 12.0. The number of carbonyl (C=O) groups excluding carboxylic acids is 2. The summed E-state index contributed by atoms with van der Waals surface area (Å²) in [5.41, 5.74) is 2.26. The summed E-state index contributed by atoms with van der Waals surface area (Å²) in [6.07, 6.45) is 7.39. The van der Waals surface area contributed by atoms with Crippen LogP contribution in [0.4, 0.5) is 5.69 Å². The van der Waals surface area contributed by atoms with Crippen LogP contribution in [0.5, 0.6) is 0 Å². The van der Waals surface area contributed by atoms with E-state index in [1.807, 2.05) is 24.1 Å². The number of anilines is 1. The summed E-state index contributed by atoms with van der Waals surface area (Å²) in [5, 5.41) is 12.6. The maximum Gasteiger partial charge on any atom is 0.326 e. The second kappa shape index (κ2) is 14.6. The number of aromatic amines is 1. The van der Waals surface area contributed by atoms with E-state index in [2.05, 4.69) is 21.2 Å². The first kappa shape index (κ1) is 32.2. The van der Waals surface area contributed by atoms with E-state index in [1.165, 1.54) is 0 Å². The summed E-state index contributed by atoms with van der Waals surface area (Å²) < 4.78 is 0. The van der Waals surface area contributed by atoms with Gasteiger partial charge in [0.15, 0.2) is 8.32 Å². The fourth-order valence-corrected chi connectivity index (χ4v) is 5.72. The van der Waals surface area contributed by atoms with Crippen molar-refractivity contribution in [2.75, 3.05) is 11.4 Å². The average Bonchev–Trinajstić information content (AvgIpc) is 2.92. The van der Waals surface area contributed by atoms with E-state index in [4.69, 9.17) is 6.42 Å². The third-order valence-corrected chi connectivity index (χ3v) is 8.43. The van der Waals surface area contributed by atoms with Gasteiger partial charge in [-0.2, -0.15) is 0 Å². The lowest BCUT2D eigenvalue weighted by Crippen LogP contribution is -2.41. The number of aromatic nitrogens is 2. The van der Waals surface area contributed by atoms with Crippen LogP contribution in [0.25, 0.3) is 10.9 Å². The van der Waals surface area contributed by atoms with Crippen molar-refractivity contribution >= 4 is 42.6 Å². The molecular weight excluding hydrogens is 552 g/mol. The van der Waals surface area contributed by atoms with Gasteiger partial charge in [0.2, 0.25) is 0 Å². The van der Waals surface area contributed by atoms with Crippen molar-refractivity contribution in [3.63, 3.8) is 0 Å². The fourth-order valence-electron chi connectivity index (χ4n) is 4.60. The number of carboxylic acid groups (broad SMARTS) is 1. The molecule has 3 aromatic rings. The van der Waals surface area contributed by atoms with Gasteiger partial charge in [-0.15, -0.1) is 6.42 Å². The highest BCUT2D eigenvalue weighted by Crippen LogP contribution is 2.20. The number of carbonyl (C=O) groups is 3. The van der Waals surface area contributed by atoms with Gasteiger partial charge in [-0.1, -0.05) is 18.4 Å². The lowest BCUT2D eigenvalue weighted by Gasteiger charge is -2.23. The molecule has 0 aliphatic heterocycles. The van der Waals surface area contributed by atoms with Crippen LogP contribution in [0.3, 0.4) is 0 Å². The second-order valence-corrected chi connectivity index (χ2v) is 15.2. The predicted octanol–water partition coefficient (Wildman–Crippen LogP) is 3.77. The number of terminal acetylenes is 1. The van der Waals surface area contributed by atoms with Crippen molar-refractivity contribution in [2.24, 2.45) is 0 Å². The molecule has 42 heavy (non-hydrogen) atoms. The monoisotopic (exact) mass is 590 g/mol. The number of Topliss-reactive ketones (excluding diaryl/α,β-unsaturated/α-hetero) is 1. The highest BCUT2D eigenvalue weighted by molar-refractivity contribution is 6.69. The van der Waals surface area contributed by atoms with Crippen LogP contribution < -0.4 is 15.8 Å². The zero-order chi connectivity index (χ0) is 30.9. The van der Waals surface area contributed by atoms with Gasteiger partial charge >= 0.3 is 5.97 Å². The van der Waals surface area contributed by atoms with Gasteiger partial charge in [0.05, 0.1) is 17.4 Å². The standard InChI is InChI=1S/C31H38N4O6Si/c1-5-17-35(20-22-9-15-27-26(19-22)30(38)33-21(2)32-27)24-12-10-23(11-13-24)29(37)34-28(31(39)40)16-14-25(36)8-6-7-18-42(3,4)41/h1,9-13,15,19,28,41H,6-8,14,16-18,20H2,2-4H3,(H,34,37)(H,39,40)(H,32,33,38)/t28-/m0/s1. The Morgan fingerprint density at radius 1 is 1.12 bits per heavy atom. The summed E-state index contributed by atoms with van der Waals surface area (Å²) in [6, 6.07) is 11.6. The van der Waals surface area contributed by atoms with Gasteiger partial charge in [0.25, 0.3) is 11.5 Å². The number of fused-ring (bicyclic) bond motifs is 1. The average molecular weight is 591 g/mol. The van der Waals surface area contributed by atoms with Gasteiger partial charge < -0.3 is 25.1 Å². The van der Waals surface area contributed by atoms with E-state index in [-0.39, 0.29) is 36.3 Å². The van der Waals surface area contributed by atoms with Crippen molar-refractivity contribution in [3.05, 3.63) is 69.8 Å². The number of aliphatic carboxylic acids is 1. The molecule has 0 spiro atoms. The van der Waals surface area contributed by atoms with Crippen molar-refractivity contribution in [1.82, 2.24) is 15.3 Å². The van der Waals surface area contributed by atoms with Crippen molar-refractivity contribution < 1.29 is 24.3 Å². The lowest BCUT2D eigenvalue weighted by molar-refractivity contribution is -0.139. The predicted molar refractivity (Wildman–Crippen MR) is 165 cm³/mol. The molecule has 1 atom stereocenters. The number of ketones is 1. The molecule has 1 heterocycles. The number of nitrogens with zero attached hydrogens (tertiary/aromatic N) is 2. The number of hydrogen-bond donors (Lipinski definition) is 4. The first-order valence-electron chi connectivity index (χ1n) is 13.9. The molecule has 10 nitrogen and oxygen atoms in total. The quantitative estimate of drug-likeness (QED) is 0.119. The second-order valence-electron chi connectivity index (χ2n) is 11.1. The summed E-state index contributed by atoms with van der Waals surface area (Å²) in [7, 11) is -2.14. The molecule has 0 aliphatic rings. The van der Waals surface area contributed by atoms with Crippen LogP contribution in [0, 0.1) is 19.3 Å². The molecule has 0 saturated heterocycles. The number of hydrogen-bond acceptors (Lipinski definition) is 7. The van der Waals surface area contributed by atoms with E-state index in [1.54, 1.807) is 43.3 Å². The molecule has 222 valence electrons. The number of unbranched alkanes of at least 4 members (excludes halogenated alkanes) is 1. The molecule has 0 unspecified atom stereocenters. The molecule has 0 fully saturated rings. The number of H-pyrrole nitrogens is 1. The Balaban J connectivity index is 1.61. The molecule has 1 amide bonds. The Kier molecular flexibility index (Phi) is 11.2. The lowest BCUT2D eigenvalue weighted by atomic mass is 10.0. The molecule has 0 aliphatic carbocycles. The Bertz CT molecular complexity index is 1520. The minimum atomic E-state index is -2.14. The van der Waals surface area contributed by atoms with Gasteiger partial charge in [0.1, 0.15) is 17.6 Å². The maximum absolute atomic E-state index is 12.8. The van der Waals surface area contributed by atoms with Crippen LogP contribution in [0.1, 0.15) is 53.8 Å². The summed E-state index contributed by atoms with van der Waals surface area (Å²) >= 11 is 0. The van der Waals surface area contributed by atoms with E-state index in [9.17, 15) is 29.1 Å². The molecule has 0 radical (unpaired) electrons. The molecule has 3 rings (SSSR count). The third-order valence-electron chi connectivity index (χ3n) is 6.85. The summed E-state index contributed by atoms with van der Waals surface area (Å²) in [5.74, 6) is 1.34. The number of aryl methyl sites for hydroxylation is 1. The number of rotatable bonds is 15. The van der Waals surface area contributed by atoms with Crippen molar-refractivity contribution in [3.8, 4) is 12.3 Å². The minimum Gasteiger partial charge on any atom is -0.480 e. The molecule has 4 N–H and O–H groups in total. The molecular formula is C31H38N4O6Si. The molecule has 1 aromatic heterocycles. The highest BCUT2D eigenvalue weighted by Gasteiger charge is 2.22. The Morgan fingerprint density at radius 3 is 2.48 bits per heavy atom. The number of carboxylic acids is 1. The van der Waals surface area contributed by atoms with E-state index >= 15 is 0 Å². The van der Waals surface area contributed by atoms with E-state index in [0.717, 1.165) is 23.7 Å². The SMILES string of the molecule is C#CCN(Cc1ccc2nc(C)[nH]c(=O)c2c1)c1ccc(C(=O)N[C@@H](CCC(=O)CCCC[Si](C)(C)O)C(=O)O)cc1. The number of benzene rings is 2. The number of amides is 1. The molecule has 0 bridgehead atoms. The zero-order valence-electron chi connectivity index (χ0n) is 24.3. The topological polar surface area (TPSA) is 153 Å². The van der Waals surface area contributed by atoms with Crippen molar-refractivity contribution in [2.45, 2.75) is 70.8 Å². The minimum absolute atomic E-state index is 0.00212. The van der Waals surface area contributed by atoms with Crippen LogP contribution >= 0.6 is 0 Å². The molecule has 0 saturated carbocycles. The van der Waals surface area contributed by atoms with Crippen molar-refractivity contribution in [1.29, 1.82) is 0 Å². The van der Waals surface area contributed by atoms with Gasteiger partial charge in [-0.3, -0.25) is 14.4 Å². The van der Waals surface area contributed by atoms with Crippen LogP contribution in [0.2, 0.25) is 19.1 Å². The first-order valence-corrected chi connectivity index (χ1v) is 17.1. The summed E-state index contributed by atoms with van der Waals surface area (Å²) in [4.78, 5) is 68.1. The van der Waals surface area contributed by atoms with Crippen LogP contribution in [-0.2, 0) is 16.1 Å². The van der Waals surface area contributed by atoms with E-state index in [0.29, 0.717) is 36.1 Å². The Hall–Kier alpha value is -4.27. The smallest absolute Gasteiger partial charge is 0.326 e. The van der Waals surface area contributed by atoms with E-state index < -0.39 is 26.2 Å². The summed E-state index contributed by atoms with van der Waals surface area (Å²) in [6.45, 7) is 6.12. The molecule has 11 heteroatoms. The zero-order valence-corrected chi connectivity index (χ0v) is 25.3. The third kappa shape index (κ3) is 9.68. The first-order chi connectivity index (χ1) is 19.9. The Labute approximate surface area is 246 Å². The fraction of sp³-hybridized carbons (Fsp3) is 0.387. The number of nitrogens with one attached hydrogen (secondary N) is 2.